The smallest absolute Gasteiger partial charge is 0.0720 e. The Morgan fingerprint density at radius 3 is 2.47 bits per heavy atom. The Hall–Kier alpha value is -0.900. The predicted molar refractivity (Wildman–Crippen MR) is 81.2 cm³/mol. The van der Waals surface area contributed by atoms with Crippen LogP contribution < -0.4 is 5.32 Å². The van der Waals surface area contributed by atoms with Crippen molar-refractivity contribution in [3.8, 4) is 0 Å². The van der Waals surface area contributed by atoms with Gasteiger partial charge in [-0.15, -0.1) is 0 Å². The minimum atomic E-state index is 0.684. The quantitative estimate of drug-likeness (QED) is 0.694. The van der Waals surface area contributed by atoms with E-state index in [1.807, 2.05) is 0 Å². The van der Waals surface area contributed by atoms with E-state index in [9.17, 15) is 0 Å². The van der Waals surface area contributed by atoms with Crippen LogP contribution in [0.15, 0.2) is 24.3 Å². The molecule has 0 radical (unpaired) electrons. The summed E-state index contributed by atoms with van der Waals surface area (Å²) in [6.07, 6.45) is 0. The summed E-state index contributed by atoms with van der Waals surface area (Å²) in [4.78, 5) is 2.14. The third-order valence-corrected chi connectivity index (χ3v) is 2.93. The van der Waals surface area contributed by atoms with Gasteiger partial charge < -0.3 is 15.0 Å². The molecule has 1 rings (SSSR count). The number of nitrogens with zero attached hydrogens (tertiary/aromatic N) is 1. The molecule has 0 aliphatic carbocycles. The zero-order valence-corrected chi connectivity index (χ0v) is 12.8. The molecule has 0 amide bonds. The summed E-state index contributed by atoms with van der Waals surface area (Å²) in [7, 11) is 4.13. The van der Waals surface area contributed by atoms with Crippen LogP contribution in [0.4, 0.5) is 0 Å². The normalized spacial score (nSPS) is 11.5. The number of benzene rings is 1. The minimum absolute atomic E-state index is 0.684. The minimum Gasteiger partial charge on any atom is -0.375 e. The Bertz CT molecular complexity index is 350. The molecule has 0 saturated carbocycles. The maximum absolute atomic E-state index is 5.73. The Morgan fingerprint density at radius 2 is 1.84 bits per heavy atom. The van der Waals surface area contributed by atoms with Crippen molar-refractivity contribution in [2.24, 2.45) is 5.92 Å². The highest BCUT2D eigenvalue weighted by molar-refractivity contribution is 5.26. The molecule has 0 unspecified atom stereocenters. The molecule has 0 bridgehead atoms. The van der Waals surface area contributed by atoms with Crippen LogP contribution in [0.1, 0.15) is 25.0 Å². The van der Waals surface area contributed by atoms with Crippen LogP contribution in [-0.4, -0.2) is 38.7 Å². The van der Waals surface area contributed by atoms with Gasteiger partial charge in [0, 0.05) is 13.1 Å². The van der Waals surface area contributed by atoms with E-state index in [0.29, 0.717) is 12.5 Å². The van der Waals surface area contributed by atoms with Gasteiger partial charge in [-0.2, -0.15) is 0 Å². The van der Waals surface area contributed by atoms with Gasteiger partial charge in [0.1, 0.15) is 0 Å². The standard InChI is InChI=1S/C16H28N2O/c1-14(2)11-17-12-15-7-5-6-8-16(15)13-19-10-9-18(3)4/h5-8,14,17H,9-13H2,1-4H3. The Morgan fingerprint density at radius 1 is 1.16 bits per heavy atom. The summed E-state index contributed by atoms with van der Waals surface area (Å²) in [5.41, 5.74) is 2.63. The number of hydrogen-bond donors (Lipinski definition) is 1. The highest BCUT2D eigenvalue weighted by atomic mass is 16.5. The van der Waals surface area contributed by atoms with E-state index in [1.54, 1.807) is 0 Å². The molecule has 0 spiro atoms. The second-order valence-corrected chi connectivity index (χ2v) is 5.65. The van der Waals surface area contributed by atoms with Crippen molar-refractivity contribution < 1.29 is 4.74 Å². The first-order chi connectivity index (χ1) is 9.09. The topological polar surface area (TPSA) is 24.5 Å². The number of rotatable bonds is 9. The molecular weight excluding hydrogens is 236 g/mol. The fourth-order valence-electron chi connectivity index (χ4n) is 1.80. The van der Waals surface area contributed by atoms with Crippen LogP contribution in [0.25, 0.3) is 0 Å². The first-order valence-electron chi connectivity index (χ1n) is 7.09. The molecule has 0 heterocycles. The summed E-state index contributed by atoms with van der Waals surface area (Å²) >= 11 is 0. The molecule has 19 heavy (non-hydrogen) atoms. The Kier molecular flexibility index (Phi) is 7.72. The van der Waals surface area contributed by atoms with Crippen LogP contribution in [0.5, 0.6) is 0 Å². The van der Waals surface area contributed by atoms with Gasteiger partial charge >= 0.3 is 0 Å². The summed E-state index contributed by atoms with van der Waals surface area (Å²) in [5, 5.41) is 3.49. The van der Waals surface area contributed by atoms with Gasteiger partial charge in [0.05, 0.1) is 13.2 Å². The highest BCUT2D eigenvalue weighted by Crippen LogP contribution is 2.10. The largest absolute Gasteiger partial charge is 0.375 e. The lowest BCUT2D eigenvalue weighted by atomic mass is 10.1. The molecule has 1 N–H and O–H groups in total. The first-order valence-corrected chi connectivity index (χ1v) is 7.09. The van der Waals surface area contributed by atoms with Gasteiger partial charge in [0.2, 0.25) is 0 Å². The lowest BCUT2D eigenvalue weighted by Crippen LogP contribution is -2.20. The van der Waals surface area contributed by atoms with Crippen LogP contribution in [0.2, 0.25) is 0 Å². The molecule has 0 aliphatic heterocycles. The maximum atomic E-state index is 5.73. The van der Waals surface area contributed by atoms with E-state index < -0.39 is 0 Å². The first kappa shape index (κ1) is 16.2. The van der Waals surface area contributed by atoms with Crippen molar-refractivity contribution in [3.63, 3.8) is 0 Å². The average Bonchev–Trinajstić information content (AvgIpc) is 2.35. The van der Waals surface area contributed by atoms with Crippen molar-refractivity contribution in [3.05, 3.63) is 35.4 Å². The van der Waals surface area contributed by atoms with Crippen molar-refractivity contribution >= 4 is 0 Å². The predicted octanol–water partition coefficient (Wildman–Crippen LogP) is 2.51. The molecule has 0 saturated heterocycles. The molecule has 108 valence electrons. The summed E-state index contributed by atoms with van der Waals surface area (Å²) in [5.74, 6) is 0.684. The Balaban J connectivity index is 2.39. The highest BCUT2D eigenvalue weighted by Gasteiger charge is 2.02. The number of likely N-dealkylation sites (N-methyl/N-ethyl adjacent to an activating group) is 1. The second kappa shape index (κ2) is 9.08. The number of hydrogen-bond acceptors (Lipinski definition) is 3. The second-order valence-electron chi connectivity index (χ2n) is 5.65. The summed E-state index contributed by atoms with van der Waals surface area (Å²) in [6, 6.07) is 8.51. The molecule has 1 aromatic carbocycles. The van der Waals surface area contributed by atoms with Gasteiger partial charge in [0.15, 0.2) is 0 Å². The molecule has 0 fully saturated rings. The van der Waals surface area contributed by atoms with Crippen molar-refractivity contribution in [2.45, 2.75) is 27.0 Å². The molecule has 3 nitrogen and oxygen atoms in total. The molecule has 0 atom stereocenters. The molecule has 0 aliphatic rings. The van der Waals surface area contributed by atoms with Gasteiger partial charge in [-0.3, -0.25) is 0 Å². The molecule has 0 aromatic heterocycles. The average molecular weight is 264 g/mol. The SMILES string of the molecule is CC(C)CNCc1ccccc1COCCN(C)C. The Labute approximate surface area is 118 Å². The molecular formula is C16H28N2O. The van der Waals surface area contributed by atoms with Crippen LogP contribution in [0.3, 0.4) is 0 Å². The fourth-order valence-corrected chi connectivity index (χ4v) is 1.80. The zero-order valence-electron chi connectivity index (χ0n) is 12.8. The van der Waals surface area contributed by atoms with E-state index in [0.717, 1.165) is 26.2 Å². The molecule has 3 heteroatoms. The van der Waals surface area contributed by atoms with Crippen LogP contribution in [-0.2, 0) is 17.9 Å². The van der Waals surface area contributed by atoms with Crippen molar-refractivity contribution in [1.29, 1.82) is 0 Å². The third-order valence-electron chi connectivity index (χ3n) is 2.93. The maximum Gasteiger partial charge on any atom is 0.0720 e. The third kappa shape index (κ3) is 7.31. The van der Waals surface area contributed by atoms with Gasteiger partial charge in [0.25, 0.3) is 0 Å². The monoisotopic (exact) mass is 264 g/mol. The molecule has 1 aromatic rings. The number of ether oxygens (including phenoxy) is 1. The van der Waals surface area contributed by atoms with E-state index >= 15 is 0 Å². The van der Waals surface area contributed by atoms with Gasteiger partial charge in [-0.05, 0) is 37.7 Å². The van der Waals surface area contributed by atoms with E-state index in [2.05, 4.69) is 62.4 Å². The van der Waals surface area contributed by atoms with E-state index in [1.165, 1.54) is 11.1 Å². The fraction of sp³-hybridized carbons (Fsp3) is 0.625. The van der Waals surface area contributed by atoms with E-state index in [-0.39, 0.29) is 0 Å². The zero-order chi connectivity index (χ0) is 14.1. The van der Waals surface area contributed by atoms with Crippen LogP contribution >= 0.6 is 0 Å². The van der Waals surface area contributed by atoms with Gasteiger partial charge in [-0.25, -0.2) is 0 Å². The lowest BCUT2D eigenvalue weighted by Gasteiger charge is -2.13. The lowest BCUT2D eigenvalue weighted by molar-refractivity contribution is 0.105. The van der Waals surface area contributed by atoms with Crippen molar-refractivity contribution in [1.82, 2.24) is 10.2 Å². The summed E-state index contributed by atoms with van der Waals surface area (Å²) < 4.78 is 5.73. The van der Waals surface area contributed by atoms with Crippen molar-refractivity contribution in [2.75, 3.05) is 33.8 Å². The number of nitrogens with one attached hydrogen (secondary N) is 1. The summed E-state index contributed by atoms with van der Waals surface area (Å²) in [6.45, 7) is 8.87. The van der Waals surface area contributed by atoms with Gasteiger partial charge in [-0.1, -0.05) is 38.1 Å². The van der Waals surface area contributed by atoms with Crippen LogP contribution in [0, 0.1) is 5.92 Å². The van der Waals surface area contributed by atoms with E-state index in [4.69, 9.17) is 4.74 Å².